The number of aliphatic hydroxyl groups excluding tert-OH is 1. The van der Waals surface area contributed by atoms with E-state index in [1.807, 2.05) is 0 Å². The van der Waals surface area contributed by atoms with E-state index in [1.54, 1.807) is 25.1 Å². The molecule has 0 saturated carbocycles. The molecule has 0 unspecified atom stereocenters. The SMILES string of the molecule is COc1ccc(NC(=O)[C@H](C)N)cc1OCCO. The molecule has 6 nitrogen and oxygen atoms in total. The molecule has 0 bridgehead atoms. The van der Waals surface area contributed by atoms with Gasteiger partial charge < -0.3 is 25.6 Å². The van der Waals surface area contributed by atoms with Crippen LogP contribution in [0, 0.1) is 0 Å². The number of rotatable bonds is 6. The van der Waals surface area contributed by atoms with Gasteiger partial charge in [0.15, 0.2) is 11.5 Å². The van der Waals surface area contributed by atoms with Gasteiger partial charge in [-0.15, -0.1) is 0 Å². The summed E-state index contributed by atoms with van der Waals surface area (Å²) in [5.74, 6) is 0.699. The Hall–Kier alpha value is -1.79. The van der Waals surface area contributed by atoms with Crippen LogP contribution in [-0.2, 0) is 4.79 Å². The van der Waals surface area contributed by atoms with E-state index in [9.17, 15) is 4.79 Å². The van der Waals surface area contributed by atoms with Crippen molar-refractivity contribution in [3.63, 3.8) is 0 Å². The second kappa shape index (κ2) is 6.83. The van der Waals surface area contributed by atoms with E-state index in [2.05, 4.69) is 5.32 Å². The van der Waals surface area contributed by atoms with Gasteiger partial charge in [0.1, 0.15) is 6.61 Å². The zero-order chi connectivity index (χ0) is 13.5. The summed E-state index contributed by atoms with van der Waals surface area (Å²) in [7, 11) is 1.52. The first-order chi connectivity index (χ1) is 8.58. The summed E-state index contributed by atoms with van der Waals surface area (Å²) < 4.78 is 10.4. The predicted octanol–water partition coefficient (Wildman–Crippen LogP) is 0.352. The first-order valence-corrected chi connectivity index (χ1v) is 5.56. The summed E-state index contributed by atoms with van der Waals surface area (Å²) in [4.78, 5) is 11.4. The number of methoxy groups -OCH3 is 1. The van der Waals surface area contributed by atoms with Gasteiger partial charge in [-0.1, -0.05) is 0 Å². The molecule has 0 fully saturated rings. The monoisotopic (exact) mass is 254 g/mol. The average Bonchev–Trinajstić information content (AvgIpc) is 2.36. The lowest BCUT2D eigenvalue weighted by Crippen LogP contribution is -2.32. The molecule has 0 heterocycles. The third kappa shape index (κ3) is 3.90. The number of hydrogen-bond acceptors (Lipinski definition) is 5. The highest BCUT2D eigenvalue weighted by molar-refractivity contribution is 5.94. The molecule has 18 heavy (non-hydrogen) atoms. The number of anilines is 1. The Balaban J connectivity index is 2.84. The maximum atomic E-state index is 11.4. The first kappa shape index (κ1) is 14.3. The molecule has 100 valence electrons. The summed E-state index contributed by atoms with van der Waals surface area (Å²) in [6, 6.07) is 4.39. The molecule has 0 radical (unpaired) electrons. The molecule has 1 aromatic carbocycles. The molecule has 6 heteroatoms. The van der Waals surface area contributed by atoms with Crippen LogP contribution in [0.2, 0.25) is 0 Å². The average molecular weight is 254 g/mol. The van der Waals surface area contributed by atoms with Crippen molar-refractivity contribution in [2.24, 2.45) is 5.73 Å². The van der Waals surface area contributed by atoms with Crippen LogP contribution < -0.4 is 20.5 Å². The molecule has 0 aromatic heterocycles. The molecule has 1 aromatic rings. The smallest absolute Gasteiger partial charge is 0.241 e. The molecule has 1 amide bonds. The van der Waals surface area contributed by atoms with Gasteiger partial charge >= 0.3 is 0 Å². The zero-order valence-electron chi connectivity index (χ0n) is 10.5. The summed E-state index contributed by atoms with van der Waals surface area (Å²) in [5.41, 5.74) is 6.02. The topological polar surface area (TPSA) is 93.8 Å². The maximum Gasteiger partial charge on any atom is 0.241 e. The molecular formula is C12H18N2O4. The highest BCUT2D eigenvalue weighted by atomic mass is 16.5. The lowest BCUT2D eigenvalue weighted by Gasteiger charge is -2.13. The number of nitrogens with two attached hydrogens (primary N) is 1. The van der Waals surface area contributed by atoms with E-state index >= 15 is 0 Å². The molecule has 0 spiro atoms. The number of aliphatic hydroxyl groups is 1. The van der Waals surface area contributed by atoms with Gasteiger partial charge in [-0.25, -0.2) is 0 Å². The van der Waals surface area contributed by atoms with Crippen molar-refractivity contribution in [1.82, 2.24) is 0 Å². The van der Waals surface area contributed by atoms with E-state index in [1.165, 1.54) is 7.11 Å². The normalized spacial score (nSPS) is 11.8. The molecule has 0 saturated heterocycles. The van der Waals surface area contributed by atoms with Crippen LogP contribution >= 0.6 is 0 Å². The summed E-state index contributed by atoms with van der Waals surface area (Å²) >= 11 is 0. The Morgan fingerprint density at radius 1 is 1.50 bits per heavy atom. The van der Waals surface area contributed by atoms with Crippen LogP contribution in [0.4, 0.5) is 5.69 Å². The Morgan fingerprint density at radius 3 is 2.78 bits per heavy atom. The highest BCUT2D eigenvalue weighted by Gasteiger charge is 2.10. The van der Waals surface area contributed by atoms with E-state index in [0.717, 1.165) is 0 Å². The molecule has 4 N–H and O–H groups in total. The van der Waals surface area contributed by atoms with Crippen molar-refractivity contribution >= 4 is 11.6 Å². The number of ether oxygens (including phenoxy) is 2. The van der Waals surface area contributed by atoms with Crippen LogP contribution in [0.1, 0.15) is 6.92 Å². The Kier molecular flexibility index (Phi) is 5.41. The minimum absolute atomic E-state index is 0.0976. The van der Waals surface area contributed by atoms with E-state index in [0.29, 0.717) is 17.2 Å². The molecule has 0 aliphatic heterocycles. The van der Waals surface area contributed by atoms with E-state index in [4.69, 9.17) is 20.3 Å². The lowest BCUT2D eigenvalue weighted by atomic mass is 10.2. The molecule has 1 rings (SSSR count). The number of benzene rings is 1. The molecule has 0 aliphatic carbocycles. The number of carbonyl (C=O) groups is 1. The third-order valence-electron chi connectivity index (χ3n) is 2.19. The standard InChI is InChI=1S/C12H18N2O4/c1-8(13)12(16)14-9-3-4-10(17-2)11(7-9)18-6-5-15/h3-4,7-8,15H,5-6,13H2,1-2H3,(H,14,16)/t8-/m0/s1. The van der Waals surface area contributed by atoms with Gasteiger partial charge in [-0.2, -0.15) is 0 Å². The number of hydrogen-bond donors (Lipinski definition) is 3. The fraction of sp³-hybridized carbons (Fsp3) is 0.417. The van der Waals surface area contributed by atoms with E-state index in [-0.39, 0.29) is 19.1 Å². The highest BCUT2D eigenvalue weighted by Crippen LogP contribution is 2.30. The maximum absolute atomic E-state index is 11.4. The predicted molar refractivity (Wildman–Crippen MR) is 67.9 cm³/mol. The molecule has 1 atom stereocenters. The Morgan fingerprint density at radius 2 is 2.22 bits per heavy atom. The largest absolute Gasteiger partial charge is 0.493 e. The number of amides is 1. The second-order valence-electron chi connectivity index (χ2n) is 3.72. The van der Waals surface area contributed by atoms with Gasteiger partial charge in [0, 0.05) is 11.8 Å². The zero-order valence-corrected chi connectivity index (χ0v) is 10.5. The van der Waals surface area contributed by atoms with Crippen LogP contribution in [0.5, 0.6) is 11.5 Å². The van der Waals surface area contributed by atoms with Gasteiger partial charge in [-0.3, -0.25) is 4.79 Å². The number of carbonyl (C=O) groups excluding carboxylic acids is 1. The van der Waals surface area contributed by atoms with Crippen LogP contribution in [0.15, 0.2) is 18.2 Å². The van der Waals surface area contributed by atoms with E-state index < -0.39 is 6.04 Å². The Bertz CT molecular complexity index is 407. The van der Waals surface area contributed by atoms with Crippen molar-refractivity contribution < 1.29 is 19.4 Å². The first-order valence-electron chi connectivity index (χ1n) is 5.56. The van der Waals surface area contributed by atoms with Crippen molar-refractivity contribution in [3.8, 4) is 11.5 Å². The van der Waals surface area contributed by atoms with Gasteiger partial charge in [-0.05, 0) is 19.1 Å². The minimum Gasteiger partial charge on any atom is -0.493 e. The lowest BCUT2D eigenvalue weighted by molar-refractivity contribution is -0.117. The third-order valence-corrected chi connectivity index (χ3v) is 2.19. The molecular weight excluding hydrogens is 236 g/mol. The van der Waals surface area contributed by atoms with Gasteiger partial charge in [0.25, 0.3) is 0 Å². The van der Waals surface area contributed by atoms with Crippen molar-refractivity contribution in [2.75, 3.05) is 25.6 Å². The summed E-state index contributed by atoms with van der Waals surface area (Å²) in [6.07, 6.45) is 0. The van der Waals surface area contributed by atoms with Gasteiger partial charge in [0.05, 0.1) is 19.8 Å². The van der Waals surface area contributed by atoms with Crippen LogP contribution in [0.25, 0.3) is 0 Å². The van der Waals surface area contributed by atoms with Crippen molar-refractivity contribution in [1.29, 1.82) is 0 Å². The van der Waals surface area contributed by atoms with Crippen molar-refractivity contribution in [2.45, 2.75) is 13.0 Å². The van der Waals surface area contributed by atoms with Crippen LogP contribution in [0.3, 0.4) is 0 Å². The Labute approximate surface area is 106 Å². The summed E-state index contributed by atoms with van der Waals surface area (Å²) in [6.45, 7) is 1.66. The fourth-order valence-corrected chi connectivity index (χ4v) is 1.28. The quantitative estimate of drug-likeness (QED) is 0.681. The summed E-state index contributed by atoms with van der Waals surface area (Å²) in [5, 5.41) is 11.4. The van der Waals surface area contributed by atoms with Crippen LogP contribution in [-0.4, -0.2) is 37.4 Å². The van der Waals surface area contributed by atoms with Crippen molar-refractivity contribution in [3.05, 3.63) is 18.2 Å². The minimum atomic E-state index is -0.589. The fourth-order valence-electron chi connectivity index (χ4n) is 1.28. The van der Waals surface area contributed by atoms with Gasteiger partial charge in [0.2, 0.25) is 5.91 Å². The second-order valence-corrected chi connectivity index (χ2v) is 3.72. The molecule has 0 aliphatic rings. The number of nitrogens with one attached hydrogen (secondary N) is 1.